The third-order valence-corrected chi connectivity index (χ3v) is 4.63. The molecule has 0 spiro atoms. The predicted molar refractivity (Wildman–Crippen MR) is 88.3 cm³/mol. The molecule has 0 amide bonds. The molecule has 0 radical (unpaired) electrons. The van der Waals surface area contributed by atoms with Gasteiger partial charge in [0.15, 0.2) is 0 Å². The fraction of sp³-hybridized carbons (Fsp3) is 0.750. The van der Waals surface area contributed by atoms with Crippen molar-refractivity contribution in [2.24, 2.45) is 0 Å². The summed E-state index contributed by atoms with van der Waals surface area (Å²) in [5.41, 5.74) is 0. The fourth-order valence-electron chi connectivity index (χ4n) is 2.03. The molecule has 1 N–H and O–H groups in total. The Morgan fingerprint density at radius 1 is 1.25 bits per heavy atom. The second-order valence-corrected chi connectivity index (χ2v) is 6.88. The lowest BCUT2D eigenvalue weighted by atomic mass is 10.2. The van der Waals surface area contributed by atoms with Crippen LogP contribution >= 0.6 is 11.3 Å². The van der Waals surface area contributed by atoms with Gasteiger partial charge in [0.25, 0.3) is 0 Å². The molecule has 20 heavy (non-hydrogen) atoms. The van der Waals surface area contributed by atoms with E-state index in [0.29, 0.717) is 12.1 Å². The molecule has 0 aliphatic heterocycles. The molecule has 116 valence electrons. The number of methoxy groups -OCH3 is 1. The number of ether oxygens (including phenoxy) is 1. The first-order chi connectivity index (χ1) is 9.56. The van der Waals surface area contributed by atoms with Crippen molar-refractivity contribution >= 4 is 11.3 Å². The third kappa shape index (κ3) is 6.35. The van der Waals surface area contributed by atoms with E-state index in [1.165, 1.54) is 16.2 Å². The highest BCUT2D eigenvalue weighted by Gasteiger charge is 2.13. The van der Waals surface area contributed by atoms with Crippen LogP contribution in [0, 0.1) is 0 Å². The maximum atomic E-state index is 5.23. The molecule has 3 nitrogen and oxygen atoms in total. The monoisotopic (exact) mass is 298 g/mol. The lowest BCUT2D eigenvalue weighted by Gasteiger charge is -2.27. The van der Waals surface area contributed by atoms with Crippen LogP contribution in [0.25, 0.3) is 0 Å². The van der Waals surface area contributed by atoms with Crippen molar-refractivity contribution < 1.29 is 4.74 Å². The summed E-state index contributed by atoms with van der Waals surface area (Å²) < 4.78 is 5.23. The molecule has 1 rings (SSSR count). The largest absolute Gasteiger partial charge is 0.383 e. The predicted octanol–water partition coefficient (Wildman–Crippen LogP) is 3.49. The normalized spacial score (nSPS) is 13.3. The van der Waals surface area contributed by atoms with Crippen LogP contribution in [0.5, 0.6) is 0 Å². The number of nitrogens with zero attached hydrogens (tertiary/aromatic N) is 1. The van der Waals surface area contributed by atoms with Crippen molar-refractivity contribution in [2.75, 3.05) is 20.3 Å². The summed E-state index contributed by atoms with van der Waals surface area (Å²) in [6, 6.07) is 5.66. The van der Waals surface area contributed by atoms with E-state index in [9.17, 15) is 0 Å². The fourth-order valence-corrected chi connectivity index (χ4v) is 3.02. The van der Waals surface area contributed by atoms with Crippen LogP contribution in [-0.4, -0.2) is 37.2 Å². The van der Waals surface area contributed by atoms with Crippen molar-refractivity contribution in [2.45, 2.75) is 59.3 Å². The Labute approximate surface area is 128 Å². The summed E-state index contributed by atoms with van der Waals surface area (Å²) in [5, 5.41) is 3.47. The van der Waals surface area contributed by atoms with E-state index >= 15 is 0 Å². The van der Waals surface area contributed by atoms with Crippen molar-refractivity contribution in [1.29, 1.82) is 0 Å². The third-order valence-electron chi connectivity index (χ3n) is 3.56. The number of nitrogens with one attached hydrogen (secondary N) is 1. The molecule has 0 aliphatic rings. The van der Waals surface area contributed by atoms with E-state index in [-0.39, 0.29) is 0 Å². The Morgan fingerprint density at radius 2 is 1.95 bits per heavy atom. The van der Waals surface area contributed by atoms with Crippen molar-refractivity contribution in [3.05, 3.63) is 21.9 Å². The Bertz CT molecular complexity index is 365. The van der Waals surface area contributed by atoms with Gasteiger partial charge in [-0.1, -0.05) is 20.8 Å². The zero-order chi connectivity index (χ0) is 15.0. The van der Waals surface area contributed by atoms with E-state index in [1.54, 1.807) is 7.11 Å². The first kappa shape index (κ1) is 17.6. The summed E-state index contributed by atoms with van der Waals surface area (Å²) in [4.78, 5) is 5.38. The SMILES string of the molecule is CCC(C)N(CCOC)Cc1ccc(CNC(C)C)s1. The van der Waals surface area contributed by atoms with Gasteiger partial charge in [0.05, 0.1) is 6.61 Å². The first-order valence-corrected chi connectivity index (χ1v) is 8.42. The Kier molecular flexibility index (Phi) is 8.38. The molecule has 1 aromatic rings. The highest BCUT2D eigenvalue weighted by molar-refractivity contribution is 7.11. The molecular weight excluding hydrogens is 268 g/mol. The molecule has 0 bridgehead atoms. The van der Waals surface area contributed by atoms with E-state index in [0.717, 1.165) is 26.2 Å². The molecule has 1 atom stereocenters. The van der Waals surface area contributed by atoms with Gasteiger partial charge >= 0.3 is 0 Å². The molecule has 0 aliphatic carbocycles. The molecular formula is C16H30N2OS. The number of rotatable bonds is 10. The number of hydrogen-bond acceptors (Lipinski definition) is 4. The molecule has 1 aromatic heterocycles. The minimum atomic E-state index is 0.541. The Morgan fingerprint density at radius 3 is 2.55 bits per heavy atom. The van der Waals surface area contributed by atoms with Crippen LogP contribution in [0.2, 0.25) is 0 Å². The smallest absolute Gasteiger partial charge is 0.0589 e. The van der Waals surface area contributed by atoms with Gasteiger partial charge in [-0.05, 0) is 25.5 Å². The van der Waals surface area contributed by atoms with Gasteiger partial charge in [-0.2, -0.15) is 0 Å². The second-order valence-electron chi connectivity index (χ2n) is 5.62. The summed E-state index contributed by atoms with van der Waals surface area (Å²) >= 11 is 1.92. The van der Waals surface area contributed by atoms with Crippen LogP contribution in [0.15, 0.2) is 12.1 Å². The summed E-state index contributed by atoms with van der Waals surface area (Å²) in [6.07, 6.45) is 1.18. The van der Waals surface area contributed by atoms with E-state index in [4.69, 9.17) is 4.74 Å². The maximum absolute atomic E-state index is 5.23. The minimum absolute atomic E-state index is 0.541. The first-order valence-electron chi connectivity index (χ1n) is 7.60. The van der Waals surface area contributed by atoms with Crippen LogP contribution in [0.1, 0.15) is 43.9 Å². The topological polar surface area (TPSA) is 24.5 Å². The number of thiophene rings is 1. The van der Waals surface area contributed by atoms with Gasteiger partial charge in [0, 0.05) is 48.6 Å². The molecule has 0 saturated heterocycles. The lowest BCUT2D eigenvalue weighted by molar-refractivity contribution is 0.119. The van der Waals surface area contributed by atoms with E-state index in [2.05, 4.69) is 50.0 Å². The standard InChI is InChI=1S/C16H30N2OS/c1-6-14(4)18(9-10-19-5)12-16-8-7-15(20-16)11-17-13(2)3/h7-8,13-14,17H,6,9-12H2,1-5H3. The van der Waals surface area contributed by atoms with E-state index < -0.39 is 0 Å². The van der Waals surface area contributed by atoms with Crippen LogP contribution in [0.4, 0.5) is 0 Å². The lowest BCUT2D eigenvalue weighted by Crippen LogP contribution is -2.34. The van der Waals surface area contributed by atoms with Gasteiger partial charge in [0.1, 0.15) is 0 Å². The van der Waals surface area contributed by atoms with Crippen molar-refractivity contribution in [3.63, 3.8) is 0 Å². The molecule has 0 aromatic carbocycles. The van der Waals surface area contributed by atoms with E-state index in [1.807, 2.05) is 11.3 Å². The van der Waals surface area contributed by atoms with Crippen LogP contribution in [0.3, 0.4) is 0 Å². The molecule has 1 heterocycles. The molecule has 4 heteroatoms. The summed E-state index contributed by atoms with van der Waals surface area (Å²) in [6.45, 7) is 12.7. The van der Waals surface area contributed by atoms with Gasteiger partial charge in [-0.3, -0.25) is 4.90 Å². The molecule has 0 fully saturated rings. The Balaban J connectivity index is 2.54. The quantitative estimate of drug-likeness (QED) is 0.715. The average Bonchev–Trinajstić information content (AvgIpc) is 2.88. The zero-order valence-corrected chi connectivity index (χ0v) is 14.4. The number of hydrogen-bond donors (Lipinski definition) is 1. The van der Waals surface area contributed by atoms with Gasteiger partial charge in [-0.15, -0.1) is 11.3 Å². The zero-order valence-electron chi connectivity index (χ0n) is 13.6. The maximum Gasteiger partial charge on any atom is 0.0589 e. The highest BCUT2D eigenvalue weighted by atomic mass is 32.1. The van der Waals surface area contributed by atoms with Crippen molar-refractivity contribution in [1.82, 2.24) is 10.2 Å². The van der Waals surface area contributed by atoms with Crippen LogP contribution < -0.4 is 5.32 Å². The van der Waals surface area contributed by atoms with Gasteiger partial charge in [-0.25, -0.2) is 0 Å². The van der Waals surface area contributed by atoms with Crippen molar-refractivity contribution in [3.8, 4) is 0 Å². The summed E-state index contributed by atoms with van der Waals surface area (Å²) in [5.74, 6) is 0. The van der Waals surface area contributed by atoms with Gasteiger partial charge in [0.2, 0.25) is 0 Å². The average molecular weight is 298 g/mol. The minimum Gasteiger partial charge on any atom is -0.383 e. The van der Waals surface area contributed by atoms with Gasteiger partial charge < -0.3 is 10.1 Å². The Hall–Kier alpha value is -0.420. The second kappa shape index (κ2) is 9.50. The molecule has 1 unspecified atom stereocenters. The highest BCUT2D eigenvalue weighted by Crippen LogP contribution is 2.20. The molecule has 0 saturated carbocycles. The summed E-state index contributed by atoms with van der Waals surface area (Å²) in [7, 11) is 1.77. The van der Waals surface area contributed by atoms with Crippen LogP contribution in [-0.2, 0) is 17.8 Å².